The van der Waals surface area contributed by atoms with Crippen LogP contribution in [0.25, 0.3) is 11.4 Å². The molecule has 25 heavy (non-hydrogen) atoms. The number of carbonyl (C=O) groups excluding carboxylic acids is 1. The third-order valence-corrected chi connectivity index (χ3v) is 5.08. The van der Waals surface area contributed by atoms with Gasteiger partial charge in [0.2, 0.25) is 17.6 Å². The molecule has 1 aliphatic heterocycles. The molecule has 1 aliphatic rings. The lowest BCUT2D eigenvalue weighted by atomic mass is 10.2. The lowest BCUT2D eigenvalue weighted by Crippen LogP contribution is -2.41. The molecular weight excluding hydrogens is 340 g/mol. The monoisotopic (exact) mass is 362 g/mol. The van der Waals surface area contributed by atoms with Crippen molar-refractivity contribution in [3.05, 3.63) is 30.2 Å². The normalized spacial score (nSPS) is 18.6. The van der Waals surface area contributed by atoms with E-state index in [2.05, 4.69) is 20.8 Å². The number of carbonyl (C=O) groups is 1. The molecule has 1 amide bonds. The van der Waals surface area contributed by atoms with Crippen molar-refractivity contribution in [3.8, 4) is 17.1 Å². The van der Waals surface area contributed by atoms with Crippen molar-refractivity contribution in [1.29, 1.82) is 0 Å². The van der Waals surface area contributed by atoms with E-state index < -0.39 is 0 Å². The fourth-order valence-corrected chi connectivity index (χ4v) is 3.58. The Bertz CT molecular complexity index is 715. The Balaban J connectivity index is 1.60. The molecular formula is C17H22N4O3S. The molecule has 3 rings (SSSR count). The molecule has 7 nitrogen and oxygen atoms in total. The number of benzene rings is 1. The van der Waals surface area contributed by atoms with Crippen molar-refractivity contribution >= 4 is 17.7 Å². The van der Waals surface area contributed by atoms with Gasteiger partial charge in [0.1, 0.15) is 11.8 Å². The molecule has 0 radical (unpaired) electrons. The standard InChI is InChI=1S/C17H22N4O3S/c1-11(19-15(22)9-13-10-25-7-6-18-13)17-20-16(21-24-17)12-4-3-5-14(8-12)23-2/h3-5,8,11,13,18H,6-7,9-10H2,1-2H3,(H,19,22). The lowest BCUT2D eigenvalue weighted by molar-refractivity contribution is -0.122. The Hall–Kier alpha value is -2.06. The van der Waals surface area contributed by atoms with Crippen LogP contribution in [-0.4, -0.2) is 47.2 Å². The number of rotatable bonds is 6. The van der Waals surface area contributed by atoms with Crippen LogP contribution in [0.15, 0.2) is 28.8 Å². The number of hydrogen-bond acceptors (Lipinski definition) is 7. The molecule has 1 saturated heterocycles. The number of ether oxygens (including phenoxy) is 1. The van der Waals surface area contributed by atoms with Gasteiger partial charge in [-0.15, -0.1) is 0 Å². The summed E-state index contributed by atoms with van der Waals surface area (Å²) in [6.07, 6.45) is 0.453. The van der Waals surface area contributed by atoms with Gasteiger partial charge in [0, 0.05) is 36.1 Å². The second kappa shape index (κ2) is 8.35. The highest BCUT2D eigenvalue weighted by molar-refractivity contribution is 7.99. The number of nitrogens with zero attached hydrogens (tertiary/aromatic N) is 2. The van der Waals surface area contributed by atoms with Gasteiger partial charge in [-0.3, -0.25) is 4.79 Å². The van der Waals surface area contributed by atoms with Gasteiger partial charge in [0.15, 0.2) is 0 Å². The van der Waals surface area contributed by atoms with E-state index >= 15 is 0 Å². The molecule has 8 heteroatoms. The summed E-state index contributed by atoms with van der Waals surface area (Å²) in [4.78, 5) is 16.6. The Morgan fingerprint density at radius 1 is 1.56 bits per heavy atom. The van der Waals surface area contributed by atoms with Gasteiger partial charge in [0.05, 0.1) is 7.11 Å². The quantitative estimate of drug-likeness (QED) is 0.812. The minimum Gasteiger partial charge on any atom is -0.497 e. The maximum absolute atomic E-state index is 12.2. The number of thioether (sulfide) groups is 1. The molecule has 134 valence electrons. The van der Waals surface area contributed by atoms with E-state index in [1.165, 1.54) is 0 Å². The van der Waals surface area contributed by atoms with E-state index in [9.17, 15) is 4.79 Å². The number of amides is 1. The van der Waals surface area contributed by atoms with Crippen LogP contribution in [0, 0.1) is 0 Å². The fourth-order valence-electron chi connectivity index (χ4n) is 2.63. The van der Waals surface area contributed by atoms with Crippen molar-refractivity contribution in [2.75, 3.05) is 25.2 Å². The third-order valence-electron chi connectivity index (χ3n) is 3.95. The number of hydrogen-bond donors (Lipinski definition) is 2. The predicted molar refractivity (Wildman–Crippen MR) is 96.6 cm³/mol. The minimum absolute atomic E-state index is 0.0198. The Kier molecular flexibility index (Phi) is 5.93. The van der Waals surface area contributed by atoms with Crippen molar-refractivity contribution in [3.63, 3.8) is 0 Å². The van der Waals surface area contributed by atoms with Gasteiger partial charge >= 0.3 is 0 Å². The lowest BCUT2D eigenvalue weighted by Gasteiger charge is -2.23. The number of aromatic nitrogens is 2. The van der Waals surface area contributed by atoms with E-state index in [0.717, 1.165) is 29.4 Å². The molecule has 0 spiro atoms. The number of nitrogens with one attached hydrogen (secondary N) is 2. The largest absolute Gasteiger partial charge is 0.497 e. The molecule has 1 aromatic heterocycles. The average molecular weight is 362 g/mol. The minimum atomic E-state index is -0.337. The second-order valence-corrected chi connectivity index (χ2v) is 7.06. The summed E-state index contributed by atoms with van der Waals surface area (Å²) in [5, 5.41) is 10.3. The van der Waals surface area contributed by atoms with E-state index in [-0.39, 0.29) is 18.0 Å². The summed E-state index contributed by atoms with van der Waals surface area (Å²) in [5.74, 6) is 3.63. The van der Waals surface area contributed by atoms with Crippen LogP contribution in [0.5, 0.6) is 5.75 Å². The zero-order valence-electron chi connectivity index (χ0n) is 14.3. The van der Waals surface area contributed by atoms with Gasteiger partial charge in [-0.25, -0.2) is 0 Å². The summed E-state index contributed by atoms with van der Waals surface area (Å²) in [6, 6.07) is 7.32. The van der Waals surface area contributed by atoms with Crippen LogP contribution in [0.3, 0.4) is 0 Å². The van der Waals surface area contributed by atoms with Crippen LogP contribution < -0.4 is 15.4 Å². The van der Waals surface area contributed by atoms with Crippen LogP contribution >= 0.6 is 11.8 Å². The molecule has 1 aromatic carbocycles. The molecule has 0 aliphatic carbocycles. The summed E-state index contributed by atoms with van der Waals surface area (Å²) >= 11 is 1.87. The number of methoxy groups -OCH3 is 1. The average Bonchev–Trinajstić information content (AvgIpc) is 3.13. The third kappa shape index (κ3) is 4.73. The molecule has 2 unspecified atom stereocenters. The molecule has 2 atom stereocenters. The maximum atomic E-state index is 12.2. The van der Waals surface area contributed by atoms with Crippen LogP contribution in [0.1, 0.15) is 25.3 Å². The Morgan fingerprint density at radius 3 is 3.20 bits per heavy atom. The highest BCUT2D eigenvalue weighted by atomic mass is 32.2. The molecule has 1 fully saturated rings. The maximum Gasteiger partial charge on any atom is 0.249 e. The van der Waals surface area contributed by atoms with Gasteiger partial charge in [0.25, 0.3) is 0 Å². The van der Waals surface area contributed by atoms with Crippen LogP contribution in [0.4, 0.5) is 0 Å². The van der Waals surface area contributed by atoms with E-state index in [1.54, 1.807) is 7.11 Å². The summed E-state index contributed by atoms with van der Waals surface area (Å²) < 4.78 is 10.5. The van der Waals surface area contributed by atoms with Crippen LogP contribution in [0.2, 0.25) is 0 Å². The SMILES string of the molecule is COc1cccc(-c2noc(C(C)NC(=O)CC3CSCCN3)n2)c1. The van der Waals surface area contributed by atoms with Crippen molar-refractivity contribution in [1.82, 2.24) is 20.8 Å². The topological polar surface area (TPSA) is 89.3 Å². The summed E-state index contributed by atoms with van der Waals surface area (Å²) in [5.41, 5.74) is 0.802. The first-order chi connectivity index (χ1) is 12.2. The second-order valence-electron chi connectivity index (χ2n) is 5.91. The van der Waals surface area contributed by atoms with Gasteiger partial charge < -0.3 is 19.9 Å². The Labute approximate surface area is 150 Å². The predicted octanol–water partition coefficient (Wildman–Crippen LogP) is 2.02. The summed E-state index contributed by atoms with van der Waals surface area (Å²) in [6.45, 7) is 2.79. The summed E-state index contributed by atoms with van der Waals surface area (Å²) in [7, 11) is 1.61. The van der Waals surface area contributed by atoms with Gasteiger partial charge in [-0.05, 0) is 19.1 Å². The van der Waals surface area contributed by atoms with Crippen molar-refractivity contribution in [2.45, 2.75) is 25.4 Å². The van der Waals surface area contributed by atoms with Crippen molar-refractivity contribution < 1.29 is 14.1 Å². The zero-order chi connectivity index (χ0) is 17.6. The van der Waals surface area contributed by atoms with E-state index in [4.69, 9.17) is 9.26 Å². The molecule has 2 aromatic rings. The Morgan fingerprint density at radius 2 is 2.44 bits per heavy atom. The highest BCUT2D eigenvalue weighted by Gasteiger charge is 2.21. The molecule has 0 saturated carbocycles. The first-order valence-electron chi connectivity index (χ1n) is 8.24. The van der Waals surface area contributed by atoms with E-state index in [0.29, 0.717) is 18.1 Å². The van der Waals surface area contributed by atoms with E-state index in [1.807, 2.05) is 43.0 Å². The van der Waals surface area contributed by atoms with Crippen molar-refractivity contribution in [2.24, 2.45) is 0 Å². The van der Waals surface area contributed by atoms with Gasteiger partial charge in [-0.1, -0.05) is 17.3 Å². The first kappa shape index (κ1) is 17.8. The van der Waals surface area contributed by atoms with Crippen LogP contribution in [-0.2, 0) is 4.79 Å². The molecule has 2 heterocycles. The highest BCUT2D eigenvalue weighted by Crippen LogP contribution is 2.22. The fraction of sp³-hybridized carbons (Fsp3) is 0.471. The van der Waals surface area contributed by atoms with Gasteiger partial charge in [-0.2, -0.15) is 16.7 Å². The first-order valence-corrected chi connectivity index (χ1v) is 9.39. The molecule has 0 bridgehead atoms. The smallest absolute Gasteiger partial charge is 0.249 e. The zero-order valence-corrected chi connectivity index (χ0v) is 15.1. The molecule has 2 N–H and O–H groups in total.